The predicted molar refractivity (Wildman–Crippen MR) is 68.4 cm³/mol. The summed E-state index contributed by atoms with van der Waals surface area (Å²) in [6.07, 6.45) is 4.46. The van der Waals surface area contributed by atoms with Crippen LogP contribution in [0.25, 0.3) is 5.52 Å². The molecule has 0 bridgehead atoms. The van der Waals surface area contributed by atoms with Crippen LogP contribution in [-0.4, -0.2) is 20.5 Å². The molecule has 0 unspecified atom stereocenters. The lowest BCUT2D eigenvalue weighted by molar-refractivity contribution is 0.0688. The van der Waals surface area contributed by atoms with Crippen LogP contribution in [0.5, 0.6) is 0 Å². The zero-order chi connectivity index (χ0) is 12.7. The minimum atomic E-state index is -0.950. The highest BCUT2D eigenvalue weighted by molar-refractivity contribution is 6.32. The SMILES string of the molecule is O=C(O)c1cccc2c(Cl)nc(C3CCCC3)n12. The smallest absolute Gasteiger partial charge is 0.352 e. The van der Waals surface area contributed by atoms with Gasteiger partial charge >= 0.3 is 5.97 Å². The fourth-order valence-corrected chi connectivity index (χ4v) is 2.98. The van der Waals surface area contributed by atoms with Gasteiger partial charge in [-0.05, 0) is 25.0 Å². The van der Waals surface area contributed by atoms with Gasteiger partial charge in [0.1, 0.15) is 11.5 Å². The maximum absolute atomic E-state index is 11.3. The third kappa shape index (κ3) is 1.68. The average molecular weight is 265 g/mol. The van der Waals surface area contributed by atoms with Crippen molar-refractivity contribution in [1.29, 1.82) is 0 Å². The van der Waals surface area contributed by atoms with Crippen molar-refractivity contribution in [2.75, 3.05) is 0 Å². The van der Waals surface area contributed by atoms with E-state index >= 15 is 0 Å². The number of hydrogen-bond acceptors (Lipinski definition) is 2. The van der Waals surface area contributed by atoms with E-state index in [4.69, 9.17) is 11.6 Å². The van der Waals surface area contributed by atoms with Crippen molar-refractivity contribution < 1.29 is 9.90 Å². The van der Waals surface area contributed by atoms with Crippen LogP contribution in [0.3, 0.4) is 0 Å². The molecule has 94 valence electrons. The number of carbonyl (C=O) groups is 1. The summed E-state index contributed by atoms with van der Waals surface area (Å²) in [4.78, 5) is 15.7. The molecule has 1 aliphatic rings. The molecule has 0 aliphatic heterocycles. The van der Waals surface area contributed by atoms with Gasteiger partial charge in [0.2, 0.25) is 0 Å². The van der Waals surface area contributed by atoms with Crippen LogP contribution >= 0.6 is 11.6 Å². The van der Waals surface area contributed by atoms with Gasteiger partial charge in [0.25, 0.3) is 0 Å². The molecule has 1 saturated carbocycles. The summed E-state index contributed by atoms with van der Waals surface area (Å²) in [5.41, 5.74) is 0.910. The van der Waals surface area contributed by atoms with Gasteiger partial charge in [-0.2, -0.15) is 0 Å². The maximum Gasteiger partial charge on any atom is 0.352 e. The molecule has 0 radical (unpaired) electrons. The number of pyridine rings is 1. The molecule has 5 heteroatoms. The van der Waals surface area contributed by atoms with Crippen molar-refractivity contribution in [3.8, 4) is 0 Å². The Hall–Kier alpha value is -1.55. The molecule has 0 saturated heterocycles. The highest BCUT2D eigenvalue weighted by Crippen LogP contribution is 2.35. The predicted octanol–water partition coefficient (Wildman–Crippen LogP) is 3.34. The van der Waals surface area contributed by atoms with E-state index in [0.717, 1.165) is 18.7 Å². The van der Waals surface area contributed by atoms with Gasteiger partial charge in [-0.3, -0.25) is 4.40 Å². The zero-order valence-corrected chi connectivity index (χ0v) is 10.5. The minimum Gasteiger partial charge on any atom is -0.477 e. The Kier molecular flexibility index (Phi) is 2.74. The van der Waals surface area contributed by atoms with Crippen LogP contribution in [0.2, 0.25) is 5.15 Å². The van der Waals surface area contributed by atoms with Crippen molar-refractivity contribution >= 4 is 23.1 Å². The van der Waals surface area contributed by atoms with E-state index in [1.165, 1.54) is 12.8 Å². The monoisotopic (exact) mass is 264 g/mol. The first-order chi connectivity index (χ1) is 8.68. The number of halogens is 1. The fourth-order valence-electron chi connectivity index (χ4n) is 2.75. The molecule has 1 fully saturated rings. The quantitative estimate of drug-likeness (QED) is 0.905. The van der Waals surface area contributed by atoms with E-state index in [0.29, 0.717) is 16.6 Å². The Bertz CT molecular complexity index is 615. The molecular formula is C13H13ClN2O2. The molecule has 1 N–H and O–H groups in total. The maximum atomic E-state index is 11.3. The van der Waals surface area contributed by atoms with Gasteiger partial charge < -0.3 is 5.11 Å². The summed E-state index contributed by atoms with van der Waals surface area (Å²) >= 11 is 6.11. The highest BCUT2D eigenvalue weighted by Gasteiger charge is 2.25. The van der Waals surface area contributed by atoms with E-state index in [9.17, 15) is 9.90 Å². The normalized spacial score (nSPS) is 16.5. The van der Waals surface area contributed by atoms with Gasteiger partial charge in [-0.25, -0.2) is 9.78 Å². The molecular weight excluding hydrogens is 252 g/mol. The van der Waals surface area contributed by atoms with E-state index in [-0.39, 0.29) is 5.69 Å². The van der Waals surface area contributed by atoms with E-state index < -0.39 is 5.97 Å². The zero-order valence-electron chi connectivity index (χ0n) is 9.77. The molecule has 4 nitrogen and oxygen atoms in total. The number of aromatic nitrogens is 2. The number of nitrogens with zero attached hydrogens (tertiary/aromatic N) is 2. The van der Waals surface area contributed by atoms with Crippen LogP contribution in [-0.2, 0) is 0 Å². The molecule has 1 aliphatic carbocycles. The number of imidazole rings is 1. The Balaban J connectivity index is 2.27. The molecule has 3 rings (SSSR count). The molecule has 0 spiro atoms. The summed E-state index contributed by atoms with van der Waals surface area (Å²) in [7, 11) is 0. The third-order valence-corrected chi connectivity index (χ3v) is 3.86. The first-order valence-corrected chi connectivity index (χ1v) is 6.46. The Labute approximate surface area is 109 Å². The number of aromatic carboxylic acids is 1. The molecule has 2 aromatic rings. The number of hydrogen-bond donors (Lipinski definition) is 1. The Morgan fingerprint density at radius 3 is 2.78 bits per heavy atom. The number of carboxylic acids is 1. The minimum absolute atomic E-state index is 0.230. The van der Waals surface area contributed by atoms with Gasteiger partial charge in [-0.1, -0.05) is 30.5 Å². The second-order valence-electron chi connectivity index (χ2n) is 4.68. The first kappa shape index (κ1) is 11.5. The van der Waals surface area contributed by atoms with Gasteiger partial charge in [0.15, 0.2) is 5.15 Å². The molecule has 0 amide bonds. The second kappa shape index (κ2) is 4.28. The van der Waals surface area contributed by atoms with Crippen LogP contribution in [0, 0.1) is 0 Å². The largest absolute Gasteiger partial charge is 0.477 e. The summed E-state index contributed by atoms with van der Waals surface area (Å²) < 4.78 is 1.70. The lowest BCUT2D eigenvalue weighted by Crippen LogP contribution is -2.09. The number of fused-ring (bicyclic) bond motifs is 1. The summed E-state index contributed by atoms with van der Waals surface area (Å²) in [5, 5.41) is 9.66. The van der Waals surface area contributed by atoms with E-state index in [1.807, 2.05) is 0 Å². The van der Waals surface area contributed by atoms with E-state index in [1.54, 1.807) is 22.6 Å². The Morgan fingerprint density at radius 2 is 2.11 bits per heavy atom. The molecule has 0 aromatic carbocycles. The van der Waals surface area contributed by atoms with Crippen molar-refractivity contribution in [3.05, 3.63) is 34.9 Å². The molecule has 0 atom stereocenters. The van der Waals surface area contributed by atoms with Crippen molar-refractivity contribution in [3.63, 3.8) is 0 Å². The van der Waals surface area contributed by atoms with Crippen LogP contribution in [0.15, 0.2) is 18.2 Å². The third-order valence-electron chi connectivity index (χ3n) is 3.58. The van der Waals surface area contributed by atoms with Crippen molar-refractivity contribution in [2.45, 2.75) is 31.6 Å². The highest BCUT2D eigenvalue weighted by atomic mass is 35.5. The molecule has 2 aromatic heterocycles. The van der Waals surface area contributed by atoms with Gasteiger partial charge in [0, 0.05) is 5.92 Å². The summed E-state index contributed by atoms with van der Waals surface area (Å²) in [6, 6.07) is 5.09. The average Bonchev–Trinajstić information content (AvgIpc) is 2.97. The second-order valence-corrected chi connectivity index (χ2v) is 5.04. The summed E-state index contributed by atoms with van der Waals surface area (Å²) in [6.45, 7) is 0. The lowest BCUT2D eigenvalue weighted by atomic mass is 10.1. The molecule has 2 heterocycles. The van der Waals surface area contributed by atoms with Crippen molar-refractivity contribution in [1.82, 2.24) is 9.38 Å². The number of rotatable bonds is 2. The van der Waals surface area contributed by atoms with Crippen LogP contribution < -0.4 is 0 Å². The summed E-state index contributed by atoms with van der Waals surface area (Å²) in [5.74, 6) is 0.171. The van der Waals surface area contributed by atoms with Gasteiger partial charge in [0.05, 0.1) is 5.52 Å². The van der Waals surface area contributed by atoms with Crippen LogP contribution in [0.1, 0.15) is 47.9 Å². The lowest BCUT2D eigenvalue weighted by Gasteiger charge is -2.09. The van der Waals surface area contributed by atoms with Crippen molar-refractivity contribution in [2.24, 2.45) is 0 Å². The van der Waals surface area contributed by atoms with E-state index in [2.05, 4.69) is 4.98 Å². The Morgan fingerprint density at radius 1 is 1.39 bits per heavy atom. The van der Waals surface area contributed by atoms with Crippen LogP contribution in [0.4, 0.5) is 0 Å². The number of carboxylic acid groups (broad SMARTS) is 1. The topological polar surface area (TPSA) is 54.6 Å². The van der Waals surface area contributed by atoms with Gasteiger partial charge in [-0.15, -0.1) is 0 Å². The standard InChI is InChI=1S/C13H13ClN2O2/c14-11-9-6-3-7-10(13(17)18)16(9)12(15-11)8-4-1-2-5-8/h3,6-8H,1-2,4-5H2,(H,17,18). The fraction of sp³-hybridized carbons (Fsp3) is 0.385. The first-order valence-electron chi connectivity index (χ1n) is 6.08. The molecule has 18 heavy (non-hydrogen) atoms.